The lowest BCUT2D eigenvalue weighted by Gasteiger charge is -2.38. The largest absolute Gasteiger partial charge is 0.496 e. The molecule has 1 aromatic carbocycles. The molecule has 2 nitrogen and oxygen atoms in total. The van der Waals surface area contributed by atoms with Crippen LogP contribution in [0.5, 0.6) is 5.75 Å². The smallest absolute Gasteiger partial charge is 0.166 e. The number of carbonyl (C=O) groups excluding carboxylic acids is 1. The summed E-state index contributed by atoms with van der Waals surface area (Å²) in [5, 5.41) is 1.43. The first-order chi connectivity index (χ1) is 10.1. The number of aryl methyl sites for hydroxylation is 2. The number of hydrogen-bond acceptors (Lipinski definition) is 3. The molecule has 0 aromatic heterocycles. The fourth-order valence-electron chi connectivity index (χ4n) is 3.92. The first kappa shape index (κ1) is 15.0. The molecule has 2 aliphatic heterocycles. The summed E-state index contributed by atoms with van der Waals surface area (Å²) in [5.74, 6) is 1.48. The minimum Gasteiger partial charge on any atom is -0.496 e. The second-order valence-electron chi connectivity index (χ2n) is 6.49. The molecule has 21 heavy (non-hydrogen) atoms. The molecule has 2 aliphatic rings. The van der Waals surface area contributed by atoms with E-state index in [1.807, 2.05) is 26.0 Å². The second kappa shape index (κ2) is 6.04. The Morgan fingerprint density at radius 2 is 1.71 bits per heavy atom. The number of ether oxygens (including phenoxy) is 1. The van der Waals surface area contributed by atoms with Crippen LogP contribution in [0.3, 0.4) is 0 Å². The first-order valence-corrected chi connectivity index (χ1v) is 8.87. The van der Waals surface area contributed by atoms with Crippen LogP contribution in [0.4, 0.5) is 0 Å². The van der Waals surface area contributed by atoms with Crippen LogP contribution in [-0.2, 0) is 0 Å². The second-order valence-corrected chi connectivity index (χ2v) is 8.09. The van der Waals surface area contributed by atoms with Crippen LogP contribution < -0.4 is 4.74 Å². The van der Waals surface area contributed by atoms with Gasteiger partial charge in [0, 0.05) is 22.0 Å². The van der Waals surface area contributed by atoms with Crippen molar-refractivity contribution < 1.29 is 9.53 Å². The lowest BCUT2D eigenvalue weighted by molar-refractivity contribution is 0.0896. The Hall–Kier alpha value is -0.960. The van der Waals surface area contributed by atoms with Gasteiger partial charge >= 0.3 is 0 Å². The van der Waals surface area contributed by atoms with E-state index in [4.69, 9.17) is 4.74 Å². The minimum atomic E-state index is 0.230. The number of ketones is 1. The van der Waals surface area contributed by atoms with E-state index in [1.165, 1.54) is 19.3 Å². The van der Waals surface area contributed by atoms with Crippen molar-refractivity contribution in [1.29, 1.82) is 0 Å². The highest BCUT2D eigenvalue weighted by molar-refractivity contribution is 8.00. The van der Waals surface area contributed by atoms with Gasteiger partial charge in [0.1, 0.15) is 5.75 Å². The van der Waals surface area contributed by atoms with Gasteiger partial charge in [-0.25, -0.2) is 0 Å². The predicted molar refractivity (Wildman–Crippen MR) is 88.5 cm³/mol. The summed E-state index contributed by atoms with van der Waals surface area (Å²) in [6.07, 6.45) is 6.09. The molecule has 2 bridgehead atoms. The molecule has 114 valence electrons. The third-order valence-electron chi connectivity index (χ3n) is 4.85. The summed E-state index contributed by atoms with van der Waals surface area (Å²) in [7, 11) is 1.69. The topological polar surface area (TPSA) is 26.3 Å². The zero-order chi connectivity index (χ0) is 15.0. The first-order valence-electron chi connectivity index (χ1n) is 7.93. The van der Waals surface area contributed by atoms with Gasteiger partial charge in [0.25, 0.3) is 0 Å². The van der Waals surface area contributed by atoms with Crippen molar-refractivity contribution in [1.82, 2.24) is 0 Å². The highest BCUT2D eigenvalue weighted by atomic mass is 32.2. The van der Waals surface area contributed by atoms with E-state index < -0.39 is 0 Å². The van der Waals surface area contributed by atoms with Gasteiger partial charge in [0.2, 0.25) is 0 Å². The van der Waals surface area contributed by atoms with Crippen molar-refractivity contribution in [2.24, 2.45) is 5.92 Å². The van der Waals surface area contributed by atoms with E-state index >= 15 is 0 Å². The Kier molecular flexibility index (Phi) is 4.30. The van der Waals surface area contributed by atoms with Crippen LogP contribution in [0.25, 0.3) is 0 Å². The average molecular weight is 304 g/mol. The highest BCUT2D eigenvalue weighted by Gasteiger charge is 2.36. The molecule has 3 rings (SSSR count). The fourth-order valence-corrected chi connectivity index (χ4v) is 5.76. The van der Waals surface area contributed by atoms with Gasteiger partial charge in [-0.2, -0.15) is 11.8 Å². The summed E-state index contributed by atoms with van der Waals surface area (Å²) >= 11 is 2.13. The number of carbonyl (C=O) groups is 1. The zero-order valence-electron chi connectivity index (χ0n) is 13.1. The molecule has 3 heteroatoms. The van der Waals surface area contributed by atoms with Gasteiger partial charge < -0.3 is 4.74 Å². The maximum absolute atomic E-state index is 12.9. The van der Waals surface area contributed by atoms with E-state index in [2.05, 4.69) is 11.8 Å². The van der Waals surface area contributed by atoms with E-state index in [1.54, 1.807) is 7.11 Å². The Morgan fingerprint density at radius 3 is 2.24 bits per heavy atom. The molecule has 2 atom stereocenters. The minimum absolute atomic E-state index is 0.230. The molecular formula is C18H24O2S. The maximum Gasteiger partial charge on any atom is 0.166 e. The molecular weight excluding hydrogens is 280 g/mol. The molecule has 0 saturated carbocycles. The molecule has 0 N–H and O–H groups in total. The quantitative estimate of drug-likeness (QED) is 0.766. The molecule has 0 aliphatic carbocycles. The van der Waals surface area contributed by atoms with Crippen LogP contribution in [-0.4, -0.2) is 23.4 Å². The van der Waals surface area contributed by atoms with Crippen LogP contribution in [0, 0.1) is 19.8 Å². The summed E-state index contributed by atoms with van der Waals surface area (Å²) in [6.45, 7) is 4.04. The predicted octanol–water partition coefficient (Wildman–Crippen LogP) is 4.56. The molecule has 0 amide bonds. The van der Waals surface area contributed by atoms with Crippen molar-refractivity contribution in [3.05, 3.63) is 28.8 Å². The number of Topliss-reactive ketones (excluding diaryl/α,β-unsaturated/α-hetero) is 1. The SMILES string of the molecule is COc1c(C)cc(C(=O)C2CC3CCCC(C2)S3)cc1C. The van der Waals surface area contributed by atoms with Crippen LogP contribution in [0.15, 0.2) is 12.1 Å². The van der Waals surface area contributed by atoms with Crippen molar-refractivity contribution in [3.8, 4) is 5.75 Å². The monoisotopic (exact) mass is 304 g/mol. The van der Waals surface area contributed by atoms with Crippen LogP contribution in [0.1, 0.15) is 53.6 Å². The molecule has 0 spiro atoms. The lowest BCUT2D eigenvalue weighted by atomic mass is 9.84. The van der Waals surface area contributed by atoms with Gasteiger partial charge in [-0.1, -0.05) is 6.42 Å². The number of thioether (sulfide) groups is 1. The Morgan fingerprint density at radius 1 is 1.14 bits per heavy atom. The van der Waals surface area contributed by atoms with Crippen molar-refractivity contribution >= 4 is 17.5 Å². The van der Waals surface area contributed by atoms with E-state index in [0.29, 0.717) is 16.3 Å². The Bertz CT molecular complexity index is 517. The third kappa shape index (κ3) is 2.98. The Balaban J connectivity index is 1.82. The van der Waals surface area contributed by atoms with E-state index in [9.17, 15) is 4.79 Å². The average Bonchev–Trinajstić information content (AvgIpc) is 2.45. The van der Waals surface area contributed by atoms with Gasteiger partial charge in [0.15, 0.2) is 5.78 Å². The van der Waals surface area contributed by atoms with Gasteiger partial charge in [0.05, 0.1) is 7.11 Å². The molecule has 2 heterocycles. The highest BCUT2D eigenvalue weighted by Crippen LogP contribution is 2.44. The number of benzene rings is 1. The summed E-state index contributed by atoms with van der Waals surface area (Å²) < 4.78 is 5.40. The van der Waals surface area contributed by atoms with Crippen LogP contribution in [0.2, 0.25) is 0 Å². The number of fused-ring (bicyclic) bond motifs is 2. The van der Waals surface area contributed by atoms with Gasteiger partial charge in [-0.05, 0) is 62.8 Å². The number of rotatable bonds is 3. The summed E-state index contributed by atoms with van der Waals surface area (Å²) in [6, 6.07) is 4.01. The van der Waals surface area contributed by atoms with E-state index in [-0.39, 0.29) is 5.92 Å². The van der Waals surface area contributed by atoms with Crippen molar-refractivity contribution in [2.45, 2.75) is 56.5 Å². The lowest BCUT2D eigenvalue weighted by Crippen LogP contribution is -2.33. The molecule has 2 fully saturated rings. The summed E-state index contributed by atoms with van der Waals surface area (Å²) in [5.41, 5.74) is 3.00. The Labute approximate surface area is 131 Å². The van der Waals surface area contributed by atoms with Crippen molar-refractivity contribution in [3.63, 3.8) is 0 Å². The van der Waals surface area contributed by atoms with Gasteiger partial charge in [-0.3, -0.25) is 4.79 Å². The number of hydrogen-bond donors (Lipinski definition) is 0. The molecule has 2 unspecified atom stereocenters. The fraction of sp³-hybridized carbons (Fsp3) is 0.611. The third-order valence-corrected chi connectivity index (χ3v) is 6.48. The maximum atomic E-state index is 12.9. The van der Waals surface area contributed by atoms with Crippen molar-refractivity contribution in [2.75, 3.05) is 7.11 Å². The standard InChI is InChI=1S/C18H24O2S/c1-11-7-13(8-12(2)18(11)20-3)17(19)14-9-15-5-4-6-16(10-14)21-15/h7-8,14-16H,4-6,9-10H2,1-3H3. The number of methoxy groups -OCH3 is 1. The summed E-state index contributed by atoms with van der Waals surface area (Å²) in [4.78, 5) is 12.9. The molecule has 0 radical (unpaired) electrons. The molecule has 1 aromatic rings. The zero-order valence-corrected chi connectivity index (χ0v) is 14.0. The van der Waals surface area contributed by atoms with Crippen LogP contribution >= 0.6 is 11.8 Å². The van der Waals surface area contributed by atoms with Gasteiger partial charge in [-0.15, -0.1) is 0 Å². The molecule has 2 saturated heterocycles. The van der Waals surface area contributed by atoms with E-state index in [0.717, 1.165) is 35.3 Å². The normalized spacial score (nSPS) is 28.2.